The maximum absolute atomic E-state index is 12.0. The SMILES string of the molecule is COc1cc(-c2ccc(N=Nc3cc(S(=O)(=O)O)c4ccccc4c3O)c(OC)c2)ccc1N=Nc1ccc(N)cc1NC(=O)C(=O)O. The monoisotopic (exact) mass is 670 g/mol. The van der Waals surface area contributed by atoms with E-state index in [0.717, 1.165) is 6.07 Å². The van der Waals surface area contributed by atoms with Crippen LogP contribution in [0, 0.1) is 0 Å². The molecule has 0 aromatic heterocycles. The summed E-state index contributed by atoms with van der Waals surface area (Å²) in [7, 11) is -1.77. The molecule has 0 saturated carbocycles. The van der Waals surface area contributed by atoms with Crippen LogP contribution in [0.1, 0.15) is 0 Å². The van der Waals surface area contributed by atoms with E-state index in [1.807, 2.05) is 0 Å². The molecule has 0 unspecified atom stereocenters. The first kappa shape index (κ1) is 33.0. The number of nitrogens with zero attached hydrogens (tertiary/aromatic N) is 4. The Morgan fingerprint density at radius 2 is 1.25 bits per heavy atom. The van der Waals surface area contributed by atoms with Crippen LogP contribution in [0.25, 0.3) is 21.9 Å². The number of carbonyl (C=O) groups is 2. The minimum atomic E-state index is -4.64. The van der Waals surface area contributed by atoms with E-state index in [1.165, 1.54) is 44.6 Å². The number of methoxy groups -OCH3 is 2. The number of aliphatic carboxylic acids is 1. The van der Waals surface area contributed by atoms with Crippen molar-refractivity contribution in [2.75, 3.05) is 25.3 Å². The summed E-state index contributed by atoms with van der Waals surface area (Å²) in [5.41, 5.74) is 8.04. The molecular formula is C32H26N6O9S. The van der Waals surface area contributed by atoms with Gasteiger partial charge in [0.1, 0.15) is 39.1 Å². The highest BCUT2D eigenvalue weighted by Gasteiger charge is 2.20. The second kappa shape index (κ2) is 13.5. The molecule has 0 aliphatic heterocycles. The topological polar surface area (TPSA) is 235 Å². The molecule has 0 aliphatic carbocycles. The van der Waals surface area contributed by atoms with Crippen LogP contribution in [0.5, 0.6) is 17.2 Å². The predicted octanol–water partition coefficient (Wildman–Crippen LogP) is 6.91. The van der Waals surface area contributed by atoms with Crippen molar-refractivity contribution in [3.05, 3.63) is 84.9 Å². The standard InChI is InChI=1S/C32H26N6O9S/c1-46-27-13-17(7-10-23(27)36-35-22-12-9-19(33)15-25(22)34-31(40)32(41)42)18-8-11-24(28(14-18)47-2)37-38-26-16-29(48(43,44)45)20-5-3-4-6-21(20)30(26)39/h3-16,39H,33H2,1-2H3,(H,34,40)(H,41,42)(H,43,44,45). The number of hydrogen-bond donors (Lipinski definition) is 5. The van der Waals surface area contributed by atoms with Crippen molar-refractivity contribution in [2.45, 2.75) is 4.90 Å². The number of carboxylic acid groups (broad SMARTS) is 1. The summed E-state index contributed by atoms with van der Waals surface area (Å²) in [5, 5.41) is 38.8. The van der Waals surface area contributed by atoms with E-state index < -0.39 is 26.9 Å². The first-order valence-corrected chi connectivity index (χ1v) is 15.2. The summed E-state index contributed by atoms with van der Waals surface area (Å²) < 4.78 is 44.8. The lowest BCUT2D eigenvalue weighted by Gasteiger charge is -2.11. The Balaban J connectivity index is 1.44. The van der Waals surface area contributed by atoms with Crippen molar-refractivity contribution in [3.63, 3.8) is 0 Å². The molecule has 0 bridgehead atoms. The number of nitrogen functional groups attached to an aromatic ring is 1. The third-order valence-electron chi connectivity index (χ3n) is 6.92. The van der Waals surface area contributed by atoms with Gasteiger partial charge in [0.2, 0.25) is 0 Å². The molecule has 0 aliphatic rings. The number of fused-ring (bicyclic) bond motifs is 1. The van der Waals surface area contributed by atoms with Crippen LogP contribution >= 0.6 is 0 Å². The Labute approximate surface area is 272 Å². The summed E-state index contributed by atoms with van der Waals surface area (Å²) >= 11 is 0. The number of carbonyl (C=O) groups excluding carboxylic acids is 1. The molecule has 0 spiro atoms. The van der Waals surface area contributed by atoms with E-state index >= 15 is 0 Å². The number of aromatic hydroxyl groups is 1. The van der Waals surface area contributed by atoms with Gasteiger partial charge in [-0.2, -0.15) is 8.42 Å². The number of ether oxygens (including phenoxy) is 2. The minimum Gasteiger partial charge on any atom is -0.505 e. The van der Waals surface area contributed by atoms with E-state index in [4.69, 9.17) is 20.3 Å². The fraction of sp³-hybridized carbons (Fsp3) is 0.0625. The van der Waals surface area contributed by atoms with E-state index in [2.05, 4.69) is 25.8 Å². The predicted molar refractivity (Wildman–Crippen MR) is 176 cm³/mol. The summed E-state index contributed by atoms with van der Waals surface area (Å²) in [5.74, 6) is -2.62. The zero-order valence-electron chi connectivity index (χ0n) is 25.1. The second-order valence-electron chi connectivity index (χ2n) is 9.97. The van der Waals surface area contributed by atoms with Crippen molar-refractivity contribution in [2.24, 2.45) is 20.5 Å². The van der Waals surface area contributed by atoms with Gasteiger partial charge in [-0.1, -0.05) is 36.4 Å². The van der Waals surface area contributed by atoms with Crippen LogP contribution in [0.2, 0.25) is 0 Å². The Hall–Kier alpha value is -6.39. The molecular weight excluding hydrogens is 644 g/mol. The maximum atomic E-state index is 12.0. The molecule has 48 heavy (non-hydrogen) atoms. The Kier molecular flexibility index (Phi) is 9.30. The first-order chi connectivity index (χ1) is 22.9. The molecule has 0 saturated heterocycles. The van der Waals surface area contributed by atoms with Crippen molar-refractivity contribution < 1.29 is 42.2 Å². The number of carboxylic acids is 1. The highest BCUT2D eigenvalue weighted by Crippen LogP contribution is 2.42. The van der Waals surface area contributed by atoms with Gasteiger partial charge in [-0.05, 0) is 59.7 Å². The maximum Gasteiger partial charge on any atom is 0.394 e. The first-order valence-electron chi connectivity index (χ1n) is 13.8. The number of phenolic OH excluding ortho intramolecular Hbond substituents is 1. The van der Waals surface area contributed by atoms with Gasteiger partial charge >= 0.3 is 11.9 Å². The average Bonchev–Trinajstić information content (AvgIpc) is 3.07. The molecule has 16 heteroatoms. The quantitative estimate of drug-likeness (QED) is 0.0470. The number of nitrogens with one attached hydrogen (secondary N) is 1. The molecule has 0 radical (unpaired) electrons. The van der Waals surface area contributed by atoms with E-state index in [9.17, 15) is 27.7 Å². The summed E-state index contributed by atoms with van der Waals surface area (Å²) in [6.07, 6.45) is 0. The number of rotatable bonds is 9. The van der Waals surface area contributed by atoms with Crippen molar-refractivity contribution in [1.82, 2.24) is 0 Å². The third kappa shape index (κ3) is 7.04. The lowest BCUT2D eigenvalue weighted by Crippen LogP contribution is -2.21. The zero-order valence-corrected chi connectivity index (χ0v) is 26.0. The molecule has 6 N–H and O–H groups in total. The minimum absolute atomic E-state index is 0.0563. The molecule has 5 rings (SSSR count). The lowest BCUT2D eigenvalue weighted by atomic mass is 10.0. The smallest absolute Gasteiger partial charge is 0.394 e. The number of nitrogens with two attached hydrogens (primary N) is 1. The molecule has 1 amide bonds. The van der Waals surface area contributed by atoms with Crippen LogP contribution in [0.15, 0.2) is 110 Å². The molecule has 0 heterocycles. The summed E-state index contributed by atoms with van der Waals surface area (Å²) in [6.45, 7) is 0. The van der Waals surface area contributed by atoms with Gasteiger partial charge in [0.05, 0.1) is 19.9 Å². The largest absolute Gasteiger partial charge is 0.505 e. The summed E-state index contributed by atoms with van der Waals surface area (Å²) in [6, 6.07) is 21.6. The lowest BCUT2D eigenvalue weighted by molar-refractivity contribution is -0.147. The molecule has 15 nitrogen and oxygen atoms in total. The van der Waals surface area contributed by atoms with E-state index in [-0.39, 0.29) is 45.0 Å². The molecule has 5 aromatic carbocycles. The average molecular weight is 671 g/mol. The van der Waals surface area contributed by atoms with Gasteiger partial charge in [0.25, 0.3) is 10.1 Å². The number of benzene rings is 5. The number of anilines is 2. The molecule has 0 atom stereocenters. The Bertz CT molecular complexity index is 2260. The molecule has 5 aromatic rings. The van der Waals surface area contributed by atoms with Crippen LogP contribution in [-0.2, 0) is 19.7 Å². The Morgan fingerprint density at radius 3 is 1.79 bits per heavy atom. The van der Waals surface area contributed by atoms with Gasteiger partial charge in [0, 0.05) is 16.5 Å². The summed E-state index contributed by atoms with van der Waals surface area (Å²) in [4.78, 5) is 22.3. The fourth-order valence-electron chi connectivity index (χ4n) is 4.61. The van der Waals surface area contributed by atoms with Crippen LogP contribution in [-0.4, -0.2) is 49.3 Å². The number of phenols is 1. The molecule has 0 fully saturated rings. The van der Waals surface area contributed by atoms with Crippen LogP contribution < -0.4 is 20.5 Å². The second-order valence-corrected chi connectivity index (χ2v) is 11.4. The molecule has 244 valence electrons. The van der Waals surface area contributed by atoms with Crippen molar-refractivity contribution in [1.29, 1.82) is 0 Å². The van der Waals surface area contributed by atoms with Gasteiger partial charge in [-0.25, -0.2) is 4.79 Å². The number of hydrogen-bond acceptors (Lipinski definition) is 12. The Morgan fingerprint density at radius 1 is 0.729 bits per heavy atom. The zero-order chi connectivity index (χ0) is 34.6. The normalized spacial score (nSPS) is 11.6. The number of amides is 1. The highest BCUT2D eigenvalue weighted by atomic mass is 32.2. The van der Waals surface area contributed by atoms with Gasteiger partial charge in [-0.15, -0.1) is 20.5 Å². The van der Waals surface area contributed by atoms with Gasteiger partial charge in [-0.3, -0.25) is 9.35 Å². The van der Waals surface area contributed by atoms with Gasteiger partial charge < -0.3 is 30.7 Å². The third-order valence-corrected chi connectivity index (χ3v) is 7.82. The van der Waals surface area contributed by atoms with E-state index in [0.29, 0.717) is 28.3 Å². The van der Waals surface area contributed by atoms with Crippen LogP contribution in [0.3, 0.4) is 0 Å². The number of azo groups is 2. The fourth-order valence-corrected chi connectivity index (χ4v) is 5.33. The van der Waals surface area contributed by atoms with Crippen LogP contribution in [0.4, 0.5) is 34.1 Å². The van der Waals surface area contributed by atoms with E-state index in [1.54, 1.807) is 48.5 Å². The van der Waals surface area contributed by atoms with Crippen molar-refractivity contribution >= 4 is 66.9 Å². The van der Waals surface area contributed by atoms with Gasteiger partial charge in [0.15, 0.2) is 5.75 Å². The van der Waals surface area contributed by atoms with Crippen molar-refractivity contribution in [3.8, 4) is 28.4 Å². The highest BCUT2D eigenvalue weighted by molar-refractivity contribution is 7.86.